The molecular formula is C11H11BrFN3. The molecule has 0 atom stereocenters. The first-order chi connectivity index (χ1) is 7.59. The lowest BCUT2D eigenvalue weighted by molar-refractivity contribution is 0.532. The van der Waals surface area contributed by atoms with Crippen LogP contribution in [0.15, 0.2) is 29.0 Å². The van der Waals surface area contributed by atoms with Crippen molar-refractivity contribution in [2.75, 3.05) is 0 Å². The molecule has 0 radical (unpaired) electrons. The van der Waals surface area contributed by atoms with E-state index in [0.717, 1.165) is 4.47 Å². The summed E-state index contributed by atoms with van der Waals surface area (Å²) in [5, 5.41) is 4.31. The third kappa shape index (κ3) is 2.00. The lowest BCUT2D eigenvalue weighted by Gasteiger charge is -2.03. The van der Waals surface area contributed by atoms with E-state index in [1.54, 1.807) is 16.9 Å². The molecule has 2 rings (SSSR count). The molecule has 3 nitrogen and oxygen atoms in total. The Bertz CT molecular complexity index is 508. The molecule has 0 fully saturated rings. The quantitative estimate of drug-likeness (QED) is 0.846. The average molecular weight is 284 g/mol. The maximum atomic E-state index is 13.5. The van der Waals surface area contributed by atoms with Gasteiger partial charge in [-0.25, -0.2) is 4.39 Å². The van der Waals surface area contributed by atoms with E-state index in [9.17, 15) is 4.39 Å². The summed E-state index contributed by atoms with van der Waals surface area (Å²) >= 11 is 3.37. The normalized spacial score (nSPS) is 11.1. The van der Waals surface area contributed by atoms with Crippen molar-refractivity contribution in [3.05, 3.63) is 34.8 Å². The van der Waals surface area contributed by atoms with Gasteiger partial charge in [-0.1, -0.05) is 0 Å². The van der Waals surface area contributed by atoms with Gasteiger partial charge in [0.05, 0.1) is 4.47 Å². The van der Waals surface area contributed by atoms with E-state index in [1.807, 2.05) is 20.0 Å². The van der Waals surface area contributed by atoms with Gasteiger partial charge in [0, 0.05) is 18.4 Å². The minimum absolute atomic E-state index is 0.233. The number of rotatable bonds is 2. The van der Waals surface area contributed by atoms with Crippen LogP contribution in [0.5, 0.6) is 0 Å². The van der Waals surface area contributed by atoms with Crippen LogP contribution in [0.4, 0.5) is 4.39 Å². The summed E-state index contributed by atoms with van der Waals surface area (Å²) in [7, 11) is 0. The maximum absolute atomic E-state index is 13.5. The molecule has 0 saturated carbocycles. The third-order valence-corrected chi connectivity index (χ3v) is 2.78. The van der Waals surface area contributed by atoms with E-state index in [1.165, 1.54) is 6.07 Å². The second-order valence-corrected chi connectivity index (χ2v) is 4.59. The molecule has 2 aromatic heterocycles. The molecule has 0 amide bonds. The van der Waals surface area contributed by atoms with E-state index < -0.39 is 0 Å². The first-order valence-electron chi connectivity index (χ1n) is 4.95. The second-order valence-electron chi connectivity index (χ2n) is 3.73. The number of halogens is 2. The second kappa shape index (κ2) is 4.33. The molecule has 0 aliphatic rings. The fourth-order valence-corrected chi connectivity index (χ4v) is 1.83. The van der Waals surface area contributed by atoms with E-state index in [2.05, 4.69) is 26.0 Å². The highest BCUT2D eigenvalue weighted by Crippen LogP contribution is 2.27. The zero-order valence-corrected chi connectivity index (χ0v) is 10.6. The highest BCUT2D eigenvalue weighted by molar-refractivity contribution is 9.10. The highest BCUT2D eigenvalue weighted by Gasteiger charge is 2.15. The summed E-state index contributed by atoms with van der Waals surface area (Å²) < 4.78 is 16.1. The van der Waals surface area contributed by atoms with E-state index in [-0.39, 0.29) is 17.6 Å². The molecule has 0 saturated heterocycles. The van der Waals surface area contributed by atoms with Gasteiger partial charge in [0.1, 0.15) is 11.4 Å². The van der Waals surface area contributed by atoms with Gasteiger partial charge < -0.3 is 0 Å². The number of nitrogens with zero attached hydrogens (tertiary/aromatic N) is 3. The summed E-state index contributed by atoms with van der Waals surface area (Å²) in [5.41, 5.74) is 0.806. The number of hydrogen-bond donors (Lipinski definition) is 0. The van der Waals surface area contributed by atoms with Crippen LogP contribution in [0, 0.1) is 5.82 Å². The summed E-state index contributed by atoms with van der Waals surface area (Å²) in [4.78, 5) is 4.00. The highest BCUT2D eigenvalue weighted by atomic mass is 79.9. The van der Waals surface area contributed by atoms with Gasteiger partial charge >= 0.3 is 0 Å². The molecule has 0 spiro atoms. The van der Waals surface area contributed by atoms with E-state index >= 15 is 0 Å². The summed E-state index contributed by atoms with van der Waals surface area (Å²) in [5.74, 6) is -0.364. The lowest BCUT2D eigenvalue weighted by Crippen LogP contribution is -2.01. The topological polar surface area (TPSA) is 30.7 Å². The van der Waals surface area contributed by atoms with Crippen LogP contribution >= 0.6 is 15.9 Å². The molecule has 0 bridgehead atoms. The smallest absolute Gasteiger partial charge is 0.151 e. The van der Waals surface area contributed by atoms with Gasteiger partial charge in [-0.05, 0) is 41.9 Å². The lowest BCUT2D eigenvalue weighted by atomic mass is 10.2. The molecule has 5 heteroatoms. The SMILES string of the molecule is CC(C)n1cc(Br)c(-c2ncccc2F)n1. The Labute approximate surface area is 101 Å². The zero-order valence-electron chi connectivity index (χ0n) is 8.98. The first kappa shape index (κ1) is 11.3. The van der Waals surface area contributed by atoms with Crippen LogP contribution in [-0.2, 0) is 0 Å². The monoisotopic (exact) mass is 283 g/mol. The maximum Gasteiger partial charge on any atom is 0.151 e. The van der Waals surface area contributed by atoms with Gasteiger partial charge in [0.2, 0.25) is 0 Å². The Hall–Kier alpha value is -1.23. The fourth-order valence-electron chi connectivity index (χ4n) is 1.35. The predicted molar refractivity (Wildman–Crippen MR) is 63.5 cm³/mol. The Morgan fingerprint density at radius 2 is 2.12 bits per heavy atom. The minimum atomic E-state index is -0.364. The Morgan fingerprint density at radius 3 is 2.69 bits per heavy atom. The van der Waals surface area contributed by atoms with E-state index in [0.29, 0.717) is 5.69 Å². The first-order valence-corrected chi connectivity index (χ1v) is 5.74. The molecule has 0 aliphatic carbocycles. The van der Waals surface area contributed by atoms with Crippen molar-refractivity contribution in [3.8, 4) is 11.4 Å². The molecule has 2 aromatic rings. The van der Waals surface area contributed by atoms with Crippen molar-refractivity contribution in [2.24, 2.45) is 0 Å². The molecule has 0 aliphatic heterocycles. The summed E-state index contributed by atoms with van der Waals surface area (Å²) in [6, 6.07) is 3.17. The van der Waals surface area contributed by atoms with Gasteiger partial charge in [-0.3, -0.25) is 9.67 Å². The number of hydrogen-bond acceptors (Lipinski definition) is 2. The molecule has 2 heterocycles. The average Bonchev–Trinajstić information content (AvgIpc) is 2.61. The summed E-state index contributed by atoms with van der Waals surface area (Å²) in [6.45, 7) is 4.02. The molecule has 0 aromatic carbocycles. The number of aromatic nitrogens is 3. The minimum Gasteiger partial charge on any atom is -0.268 e. The van der Waals surface area contributed by atoms with Crippen molar-refractivity contribution >= 4 is 15.9 Å². The molecule has 0 unspecified atom stereocenters. The number of pyridine rings is 1. The summed E-state index contributed by atoms with van der Waals surface area (Å²) in [6.07, 6.45) is 3.38. The van der Waals surface area contributed by atoms with Crippen molar-refractivity contribution in [2.45, 2.75) is 19.9 Å². The molecule has 0 N–H and O–H groups in total. The predicted octanol–water partition coefficient (Wildman–Crippen LogP) is 3.43. The van der Waals surface area contributed by atoms with Crippen molar-refractivity contribution in [3.63, 3.8) is 0 Å². The Balaban J connectivity index is 2.52. The third-order valence-electron chi connectivity index (χ3n) is 2.20. The van der Waals surface area contributed by atoms with Gasteiger partial charge in [-0.15, -0.1) is 0 Å². The standard InChI is InChI=1S/C11H11BrFN3/c1-7(2)16-6-8(12)10(15-16)11-9(13)4-3-5-14-11/h3-7H,1-2H3. The zero-order chi connectivity index (χ0) is 11.7. The van der Waals surface area contributed by atoms with Gasteiger partial charge in [-0.2, -0.15) is 5.10 Å². The molecule has 16 heavy (non-hydrogen) atoms. The Morgan fingerprint density at radius 1 is 1.38 bits per heavy atom. The Kier molecular flexibility index (Phi) is 3.05. The van der Waals surface area contributed by atoms with Crippen LogP contribution in [0.3, 0.4) is 0 Å². The van der Waals surface area contributed by atoms with Crippen molar-refractivity contribution in [1.29, 1.82) is 0 Å². The van der Waals surface area contributed by atoms with Crippen LogP contribution < -0.4 is 0 Å². The van der Waals surface area contributed by atoms with Crippen LogP contribution in [0.25, 0.3) is 11.4 Å². The largest absolute Gasteiger partial charge is 0.268 e. The van der Waals surface area contributed by atoms with Crippen LogP contribution in [-0.4, -0.2) is 14.8 Å². The van der Waals surface area contributed by atoms with Crippen LogP contribution in [0.2, 0.25) is 0 Å². The van der Waals surface area contributed by atoms with Crippen molar-refractivity contribution < 1.29 is 4.39 Å². The molecular weight excluding hydrogens is 273 g/mol. The van der Waals surface area contributed by atoms with Gasteiger partial charge in [0.15, 0.2) is 5.82 Å². The van der Waals surface area contributed by atoms with Crippen molar-refractivity contribution in [1.82, 2.24) is 14.8 Å². The fraction of sp³-hybridized carbons (Fsp3) is 0.273. The van der Waals surface area contributed by atoms with Crippen LogP contribution in [0.1, 0.15) is 19.9 Å². The van der Waals surface area contributed by atoms with E-state index in [4.69, 9.17) is 0 Å². The molecule has 84 valence electrons. The van der Waals surface area contributed by atoms with Gasteiger partial charge in [0.25, 0.3) is 0 Å².